The van der Waals surface area contributed by atoms with Gasteiger partial charge in [-0.2, -0.15) is 0 Å². The van der Waals surface area contributed by atoms with Crippen LogP contribution in [0.1, 0.15) is 52.4 Å². The zero-order valence-corrected chi connectivity index (χ0v) is 14.0. The SMILES string of the molecule is CN1C[C@H]2[C@@H]3CC(=O)C[C@@]3(C)CC[C@@H]2[C@@]2(C)CCC(=O)C=C12. The van der Waals surface area contributed by atoms with E-state index in [-0.39, 0.29) is 16.6 Å². The highest BCUT2D eigenvalue weighted by atomic mass is 16.1. The predicted octanol–water partition coefficient (Wildman–Crippen LogP) is 3.20. The Morgan fingerprint density at radius 1 is 1.18 bits per heavy atom. The Morgan fingerprint density at radius 3 is 2.73 bits per heavy atom. The molecule has 0 amide bonds. The number of piperidine rings is 1. The fraction of sp³-hybridized carbons (Fsp3) is 0.789. The van der Waals surface area contributed by atoms with E-state index in [1.165, 1.54) is 18.5 Å². The highest BCUT2D eigenvalue weighted by Gasteiger charge is 2.58. The lowest BCUT2D eigenvalue weighted by molar-refractivity contribution is -0.119. The summed E-state index contributed by atoms with van der Waals surface area (Å²) >= 11 is 0. The van der Waals surface area contributed by atoms with Crippen LogP contribution in [-0.4, -0.2) is 30.1 Å². The molecule has 0 spiro atoms. The van der Waals surface area contributed by atoms with Gasteiger partial charge in [-0.15, -0.1) is 0 Å². The number of ketones is 2. The summed E-state index contributed by atoms with van der Waals surface area (Å²) in [7, 11) is 2.14. The van der Waals surface area contributed by atoms with E-state index in [0.717, 1.165) is 25.8 Å². The molecule has 3 nitrogen and oxygen atoms in total. The first kappa shape index (κ1) is 14.5. The molecule has 0 aromatic heterocycles. The van der Waals surface area contributed by atoms with Crippen molar-refractivity contribution in [1.29, 1.82) is 0 Å². The molecule has 1 saturated heterocycles. The molecule has 4 rings (SSSR count). The molecule has 5 atom stereocenters. The average molecular weight is 301 g/mol. The summed E-state index contributed by atoms with van der Waals surface area (Å²) in [6.45, 7) is 5.74. The van der Waals surface area contributed by atoms with Gasteiger partial charge in [0.05, 0.1) is 0 Å². The van der Waals surface area contributed by atoms with E-state index in [4.69, 9.17) is 0 Å². The number of carbonyl (C=O) groups is 2. The van der Waals surface area contributed by atoms with E-state index in [1.807, 2.05) is 6.08 Å². The fourth-order valence-electron chi connectivity index (χ4n) is 6.35. The van der Waals surface area contributed by atoms with Gasteiger partial charge in [-0.3, -0.25) is 9.59 Å². The third-order valence-corrected chi connectivity index (χ3v) is 7.49. The molecule has 0 unspecified atom stereocenters. The number of rotatable bonds is 0. The smallest absolute Gasteiger partial charge is 0.157 e. The molecule has 0 aromatic rings. The lowest BCUT2D eigenvalue weighted by Gasteiger charge is -2.59. The third kappa shape index (κ3) is 1.80. The minimum Gasteiger partial charge on any atom is -0.377 e. The van der Waals surface area contributed by atoms with E-state index >= 15 is 0 Å². The van der Waals surface area contributed by atoms with Gasteiger partial charge in [0.1, 0.15) is 5.78 Å². The molecule has 0 radical (unpaired) electrons. The van der Waals surface area contributed by atoms with Gasteiger partial charge in [-0.1, -0.05) is 13.8 Å². The summed E-state index contributed by atoms with van der Waals surface area (Å²) in [6.07, 6.45) is 7.58. The largest absolute Gasteiger partial charge is 0.377 e. The Kier molecular flexibility index (Phi) is 2.93. The van der Waals surface area contributed by atoms with Crippen molar-refractivity contribution < 1.29 is 9.59 Å². The van der Waals surface area contributed by atoms with Crippen LogP contribution < -0.4 is 0 Å². The molecule has 22 heavy (non-hydrogen) atoms. The highest BCUT2D eigenvalue weighted by molar-refractivity contribution is 5.91. The maximum Gasteiger partial charge on any atom is 0.157 e. The molecule has 120 valence electrons. The van der Waals surface area contributed by atoms with Crippen LogP contribution in [-0.2, 0) is 9.59 Å². The molecule has 0 bridgehead atoms. The second kappa shape index (κ2) is 4.46. The molecule has 0 aromatic carbocycles. The second-order valence-electron chi connectivity index (χ2n) is 8.78. The topological polar surface area (TPSA) is 37.4 Å². The molecule has 0 N–H and O–H groups in total. The molecule has 3 fully saturated rings. The van der Waals surface area contributed by atoms with E-state index in [1.54, 1.807) is 0 Å². The van der Waals surface area contributed by atoms with Gasteiger partial charge in [-0.05, 0) is 42.4 Å². The standard InChI is InChI=1S/C19H27NO2/c1-18-6-5-15-14(16(18)8-13(22)10-18)11-20(3)17-9-12(21)4-7-19(15,17)2/h9,14-16H,4-8,10-11H2,1-3H3/t14-,15+,16+,18-,19-/m1/s1. The fourth-order valence-corrected chi connectivity index (χ4v) is 6.35. The maximum absolute atomic E-state index is 12.1. The van der Waals surface area contributed by atoms with Crippen molar-refractivity contribution in [3.63, 3.8) is 0 Å². The zero-order chi connectivity index (χ0) is 15.7. The number of likely N-dealkylation sites (tertiary alicyclic amines) is 1. The number of Topliss-reactive ketones (excluding diaryl/α,β-unsaturated/α-hetero) is 1. The summed E-state index contributed by atoms with van der Waals surface area (Å²) < 4.78 is 0. The molecule has 3 heteroatoms. The number of fused-ring (bicyclic) bond motifs is 5. The van der Waals surface area contributed by atoms with Crippen LogP contribution in [0.3, 0.4) is 0 Å². The zero-order valence-electron chi connectivity index (χ0n) is 14.0. The van der Waals surface area contributed by atoms with Gasteiger partial charge in [0, 0.05) is 50.0 Å². The Morgan fingerprint density at radius 2 is 1.95 bits per heavy atom. The monoisotopic (exact) mass is 301 g/mol. The Bertz CT molecular complexity index is 580. The van der Waals surface area contributed by atoms with Gasteiger partial charge in [0.25, 0.3) is 0 Å². The molecule has 4 aliphatic rings. The number of carbonyl (C=O) groups excluding carboxylic acids is 2. The molecule has 1 heterocycles. The van der Waals surface area contributed by atoms with Crippen LogP contribution in [0.4, 0.5) is 0 Å². The van der Waals surface area contributed by atoms with Crippen molar-refractivity contribution in [2.45, 2.75) is 52.4 Å². The quantitative estimate of drug-likeness (QED) is 0.689. The van der Waals surface area contributed by atoms with Crippen molar-refractivity contribution in [2.24, 2.45) is 28.6 Å². The van der Waals surface area contributed by atoms with Crippen LogP contribution in [0.15, 0.2) is 11.8 Å². The number of nitrogens with zero attached hydrogens (tertiary/aromatic N) is 1. The molecule has 2 saturated carbocycles. The molecule has 1 aliphatic heterocycles. The lowest BCUT2D eigenvalue weighted by Crippen LogP contribution is -2.56. The van der Waals surface area contributed by atoms with Crippen molar-refractivity contribution in [3.05, 3.63) is 11.8 Å². The molecular weight excluding hydrogens is 274 g/mol. The summed E-state index contributed by atoms with van der Waals surface area (Å²) in [5.41, 5.74) is 1.64. The summed E-state index contributed by atoms with van der Waals surface area (Å²) in [5.74, 6) is 2.57. The summed E-state index contributed by atoms with van der Waals surface area (Å²) in [6, 6.07) is 0. The van der Waals surface area contributed by atoms with Gasteiger partial charge < -0.3 is 4.90 Å². The molecule has 3 aliphatic carbocycles. The van der Waals surface area contributed by atoms with Crippen LogP contribution >= 0.6 is 0 Å². The van der Waals surface area contributed by atoms with Gasteiger partial charge in [0.2, 0.25) is 0 Å². The Balaban J connectivity index is 1.74. The Hall–Kier alpha value is -1.12. The summed E-state index contributed by atoms with van der Waals surface area (Å²) in [5, 5.41) is 0. The van der Waals surface area contributed by atoms with Gasteiger partial charge in [0.15, 0.2) is 5.78 Å². The first-order valence-corrected chi connectivity index (χ1v) is 8.81. The van der Waals surface area contributed by atoms with E-state index in [9.17, 15) is 9.59 Å². The third-order valence-electron chi connectivity index (χ3n) is 7.49. The van der Waals surface area contributed by atoms with Crippen molar-refractivity contribution in [2.75, 3.05) is 13.6 Å². The maximum atomic E-state index is 12.1. The van der Waals surface area contributed by atoms with Crippen molar-refractivity contribution in [3.8, 4) is 0 Å². The highest BCUT2D eigenvalue weighted by Crippen LogP contribution is 2.63. The van der Waals surface area contributed by atoms with Gasteiger partial charge >= 0.3 is 0 Å². The molecular formula is C19H27NO2. The van der Waals surface area contributed by atoms with Crippen LogP contribution in [0, 0.1) is 28.6 Å². The van der Waals surface area contributed by atoms with Crippen LogP contribution in [0.25, 0.3) is 0 Å². The predicted molar refractivity (Wildman–Crippen MR) is 85.1 cm³/mol. The van der Waals surface area contributed by atoms with E-state index < -0.39 is 0 Å². The van der Waals surface area contributed by atoms with Crippen molar-refractivity contribution >= 4 is 11.6 Å². The summed E-state index contributed by atoms with van der Waals surface area (Å²) in [4.78, 5) is 26.3. The second-order valence-corrected chi connectivity index (χ2v) is 8.78. The first-order chi connectivity index (χ1) is 10.3. The van der Waals surface area contributed by atoms with E-state index in [0.29, 0.717) is 30.0 Å². The van der Waals surface area contributed by atoms with E-state index in [2.05, 4.69) is 25.8 Å². The normalized spacial score (nSPS) is 47.7. The number of hydrogen-bond acceptors (Lipinski definition) is 3. The average Bonchev–Trinajstić information content (AvgIpc) is 2.76. The van der Waals surface area contributed by atoms with Crippen LogP contribution in [0.2, 0.25) is 0 Å². The number of hydrogen-bond donors (Lipinski definition) is 0. The first-order valence-electron chi connectivity index (χ1n) is 8.81. The van der Waals surface area contributed by atoms with Crippen molar-refractivity contribution in [1.82, 2.24) is 4.90 Å². The van der Waals surface area contributed by atoms with Gasteiger partial charge in [-0.25, -0.2) is 0 Å². The number of allylic oxidation sites excluding steroid dienone is 2. The van der Waals surface area contributed by atoms with Crippen LogP contribution in [0.5, 0.6) is 0 Å². The Labute approximate surface area is 133 Å². The minimum absolute atomic E-state index is 0.137. The minimum atomic E-state index is 0.137. The lowest BCUT2D eigenvalue weighted by atomic mass is 9.50.